The van der Waals surface area contributed by atoms with Gasteiger partial charge in [-0.3, -0.25) is 0 Å². The van der Waals surface area contributed by atoms with E-state index in [1.165, 1.54) is 6.92 Å². The molecule has 0 bridgehead atoms. The Morgan fingerprint density at radius 3 is 2.13 bits per heavy atom. The number of nitrogens with two attached hydrogens (primary N) is 1. The summed E-state index contributed by atoms with van der Waals surface area (Å²) in [5.74, 6) is 0. The molecule has 1 nitrogen and oxygen atoms in total. The highest BCUT2D eigenvalue weighted by molar-refractivity contribution is 5.32. The van der Waals surface area contributed by atoms with E-state index in [1.54, 1.807) is 6.07 Å². The fourth-order valence-corrected chi connectivity index (χ4v) is 1.43. The molecule has 1 aromatic rings. The van der Waals surface area contributed by atoms with Crippen LogP contribution in [-0.4, -0.2) is 6.54 Å². The molecule has 1 atom stereocenters. The first kappa shape index (κ1) is 12.2. The van der Waals surface area contributed by atoms with Gasteiger partial charge in [0, 0.05) is 6.54 Å². The standard InChI is InChI=1S/C13H20FN/c1-12(2,3)10-6-5-7-11(8-10)13(4,14)9-15/h5-8H,9,15H2,1-4H3. The minimum absolute atomic E-state index is 0.0145. The van der Waals surface area contributed by atoms with E-state index < -0.39 is 5.67 Å². The van der Waals surface area contributed by atoms with Crippen LogP contribution in [0, 0.1) is 0 Å². The molecule has 0 saturated carbocycles. The second-order valence-corrected chi connectivity index (χ2v) is 5.23. The summed E-state index contributed by atoms with van der Waals surface area (Å²) in [6, 6.07) is 7.62. The van der Waals surface area contributed by atoms with Crippen molar-refractivity contribution >= 4 is 0 Å². The second-order valence-electron chi connectivity index (χ2n) is 5.23. The minimum Gasteiger partial charge on any atom is -0.327 e. The predicted octanol–water partition coefficient (Wildman–Crippen LogP) is 3.13. The van der Waals surface area contributed by atoms with Crippen molar-refractivity contribution in [3.63, 3.8) is 0 Å². The Balaban J connectivity index is 3.14. The maximum atomic E-state index is 14.0. The molecule has 0 saturated heterocycles. The normalized spacial score (nSPS) is 16.1. The lowest BCUT2D eigenvalue weighted by Crippen LogP contribution is -2.27. The molecule has 0 fully saturated rings. The zero-order chi connectivity index (χ0) is 11.7. The first-order valence-electron chi connectivity index (χ1n) is 5.27. The van der Waals surface area contributed by atoms with Gasteiger partial charge in [-0.2, -0.15) is 0 Å². The summed E-state index contributed by atoms with van der Waals surface area (Å²) in [6.07, 6.45) is 0. The number of hydrogen-bond acceptors (Lipinski definition) is 1. The maximum absolute atomic E-state index is 14.0. The molecule has 1 unspecified atom stereocenters. The van der Waals surface area contributed by atoms with Crippen LogP contribution in [0.3, 0.4) is 0 Å². The molecule has 0 amide bonds. The van der Waals surface area contributed by atoms with Crippen LogP contribution >= 0.6 is 0 Å². The molecule has 0 aliphatic heterocycles. The second kappa shape index (κ2) is 3.93. The Morgan fingerprint density at radius 2 is 1.67 bits per heavy atom. The number of halogens is 1. The Hall–Kier alpha value is -0.890. The van der Waals surface area contributed by atoms with E-state index in [-0.39, 0.29) is 12.0 Å². The van der Waals surface area contributed by atoms with Crippen LogP contribution in [0.4, 0.5) is 4.39 Å². The van der Waals surface area contributed by atoms with Gasteiger partial charge in [-0.25, -0.2) is 4.39 Å². The summed E-state index contributed by atoms with van der Waals surface area (Å²) in [4.78, 5) is 0. The lowest BCUT2D eigenvalue weighted by molar-refractivity contribution is 0.203. The fourth-order valence-electron chi connectivity index (χ4n) is 1.43. The lowest BCUT2D eigenvalue weighted by atomic mass is 9.84. The Morgan fingerprint density at radius 1 is 1.13 bits per heavy atom. The van der Waals surface area contributed by atoms with Crippen molar-refractivity contribution in [3.8, 4) is 0 Å². The van der Waals surface area contributed by atoms with Gasteiger partial charge in [0.15, 0.2) is 0 Å². The van der Waals surface area contributed by atoms with E-state index in [4.69, 9.17) is 5.73 Å². The van der Waals surface area contributed by atoms with Crippen molar-refractivity contribution in [2.75, 3.05) is 6.54 Å². The number of hydrogen-bond donors (Lipinski definition) is 1. The number of alkyl halides is 1. The molecule has 84 valence electrons. The zero-order valence-corrected chi connectivity index (χ0v) is 9.97. The SMILES string of the molecule is CC(C)(C)c1cccc(C(C)(F)CN)c1. The third-order valence-electron chi connectivity index (χ3n) is 2.71. The van der Waals surface area contributed by atoms with E-state index in [0.717, 1.165) is 5.56 Å². The van der Waals surface area contributed by atoms with Gasteiger partial charge in [0.1, 0.15) is 5.67 Å². The monoisotopic (exact) mass is 209 g/mol. The van der Waals surface area contributed by atoms with Gasteiger partial charge in [0.25, 0.3) is 0 Å². The summed E-state index contributed by atoms with van der Waals surface area (Å²) in [5, 5.41) is 0. The molecule has 0 heterocycles. The first-order valence-corrected chi connectivity index (χ1v) is 5.27. The first-order chi connectivity index (χ1) is 6.77. The molecule has 0 aliphatic carbocycles. The van der Waals surface area contributed by atoms with Crippen molar-refractivity contribution in [1.82, 2.24) is 0 Å². The molecular formula is C13H20FN. The molecule has 2 heteroatoms. The van der Waals surface area contributed by atoms with Crippen LogP contribution in [0.5, 0.6) is 0 Å². The van der Waals surface area contributed by atoms with Crippen LogP contribution in [0.2, 0.25) is 0 Å². The van der Waals surface area contributed by atoms with Gasteiger partial charge >= 0.3 is 0 Å². The Kier molecular flexibility index (Phi) is 3.19. The van der Waals surface area contributed by atoms with Crippen molar-refractivity contribution in [1.29, 1.82) is 0 Å². The number of rotatable bonds is 2. The third kappa shape index (κ3) is 2.78. The molecule has 15 heavy (non-hydrogen) atoms. The van der Waals surface area contributed by atoms with Gasteiger partial charge in [-0.15, -0.1) is 0 Å². The number of benzene rings is 1. The van der Waals surface area contributed by atoms with Crippen molar-refractivity contribution < 1.29 is 4.39 Å². The average Bonchev–Trinajstić information content (AvgIpc) is 2.17. The highest BCUT2D eigenvalue weighted by Crippen LogP contribution is 2.29. The Bertz CT molecular complexity index is 337. The van der Waals surface area contributed by atoms with Crippen LogP contribution < -0.4 is 5.73 Å². The summed E-state index contributed by atoms with van der Waals surface area (Å²) in [6.45, 7) is 7.88. The van der Waals surface area contributed by atoms with Gasteiger partial charge in [0.05, 0.1) is 0 Å². The molecule has 2 N–H and O–H groups in total. The van der Waals surface area contributed by atoms with Crippen LogP contribution in [0.25, 0.3) is 0 Å². The highest BCUT2D eigenvalue weighted by atomic mass is 19.1. The molecule has 0 spiro atoms. The highest BCUT2D eigenvalue weighted by Gasteiger charge is 2.25. The van der Waals surface area contributed by atoms with Crippen LogP contribution in [0.15, 0.2) is 24.3 Å². The summed E-state index contributed by atoms with van der Waals surface area (Å²) >= 11 is 0. The average molecular weight is 209 g/mol. The van der Waals surface area contributed by atoms with E-state index in [2.05, 4.69) is 20.8 Å². The van der Waals surface area contributed by atoms with Crippen LogP contribution in [0.1, 0.15) is 38.8 Å². The predicted molar refractivity (Wildman–Crippen MR) is 62.7 cm³/mol. The van der Waals surface area contributed by atoms with E-state index >= 15 is 0 Å². The minimum atomic E-state index is -1.43. The van der Waals surface area contributed by atoms with E-state index in [9.17, 15) is 4.39 Å². The lowest BCUT2D eigenvalue weighted by Gasteiger charge is -2.24. The fraction of sp³-hybridized carbons (Fsp3) is 0.538. The van der Waals surface area contributed by atoms with Crippen LogP contribution in [-0.2, 0) is 11.1 Å². The maximum Gasteiger partial charge on any atom is 0.145 e. The molecule has 1 rings (SSSR count). The zero-order valence-electron chi connectivity index (χ0n) is 9.97. The summed E-state index contributed by atoms with van der Waals surface area (Å²) < 4.78 is 14.0. The van der Waals surface area contributed by atoms with Gasteiger partial charge in [-0.05, 0) is 23.5 Å². The molecule has 0 radical (unpaired) electrons. The van der Waals surface area contributed by atoms with Gasteiger partial charge in [-0.1, -0.05) is 45.0 Å². The third-order valence-corrected chi connectivity index (χ3v) is 2.71. The van der Waals surface area contributed by atoms with Crippen molar-refractivity contribution in [2.24, 2.45) is 5.73 Å². The quantitative estimate of drug-likeness (QED) is 0.795. The topological polar surface area (TPSA) is 26.0 Å². The molecular weight excluding hydrogens is 189 g/mol. The van der Waals surface area contributed by atoms with Crippen molar-refractivity contribution in [2.45, 2.75) is 38.8 Å². The smallest absolute Gasteiger partial charge is 0.145 e. The summed E-state index contributed by atoms with van der Waals surface area (Å²) in [7, 11) is 0. The van der Waals surface area contributed by atoms with E-state index in [1.807, 2.05) is 18.2 Å². The molecule has 0 aromatic heterocycles. The van der Waals surface area contributed by atoms with Gasteiger partial charge < -0.3 is 5.73 Å². The largest absolute Gasteiger partial charge is 0.327 e. The van der Waals surface area contributed by atoms with E-state index in [0.29, 0.717) is 5.56 Å². The summed E-state index contributed by atoms with van der Waals surface area (Å²) in [5.41, 5.74) is 5.84. The Labute approximate surface area is 91.5 Å². The molecule has 1 aromatic carbocycles. The van der Waals surface area contributed by atoms with Crippen molar-refractivity contribution in [3.05, 3.63) is 35.4 Å². The van der Waals surface area contributed by atoms with Gasteiger partial charge in [0.2, 0.25) is 0 Å². The molecule has 0 aliphatic rings.